The zero-order chi connectivity index (χ0) is 47.2. The van der Waals surface area contributed by atoms with Gasteiger partial charge in [0.15, 0.2) is 0 Å². The molecule has 17 nitrogen and oxygen atoms in total. The van der Waals surface area contributed by atoms with Crippen molar-refractivity contribution in [2.24, 2.45) is 29.4 Å². The largest absolute Gasteiger partial charge is 0.394 e. The molecular weight excluding hydrogens is 809 g/mol. The van der Waals surface area contributed by atoms with Gasteiger partial charge in [0.1, 0.15) is 42.5 Å². The number of amides is 7. The molecule has 348 valence electrons. The number of aliphatic hydroxyl groups excluding tert-OH is 1. The van der Waals surface area contributed by atoms with Gasteiger partial charge in [0.2, 0.25) is 41.4 Å². The highest BCUT2D eigenvalue weighted by Crippen LogP contribution is 2.14. The van der Waals surface area contributed by atoms with Crippen LogP contribution in [0.5, 0.6) is 0 Å². The summed E-state index contributed by atoms with van der Waals surface area (Å²) in [5.41, 5.74) is 6.86. The quantitative estimate of drug-likeness (QED) is 0.0571. The number of rotatable bonds is 27. The molecule has 2 aromatic rings. The van der Waals surface area contributed by atoms with Crippen molar-refractivity contribution in [3.8, 4) is 0 Å². The van der Waals surface area contributed by atoms with Gasteiger partial charge in [-0.05, 0) is 34.8 Å². The van der Waals surface area contributed by atoms with Crippen molar-refractivity contribution in [3.63, 3.8) is 0 Å². The SMILES string of the molecule is CC[C@H](C)[C@H](NC(=O)CN)C(=O)N[C@@H](Cc1ccccc1)C(=O)N[C@@H](CO)C(=O)N[C@H](C(=O)N[C@@H](Cc1ccccc1)C(=O)N[C@H](C(=O)N[C@H](C=O)[C@@H](C)CC)C(C)C)[C@@H](C)CC. The van der Waals surface area contributed by atoms with Crippen LogP contribution in [0.2, 0.25) is 0 Å². The van der Waals surface area contributed by atoms with E-state index in [1.54, 1.807) is 95.3 Å². The average molecular weight is 879 g/mol. The molecule has 0 fully saturated rings. The summed E-state index contributed by atoms with van der Waals surface area (Å²) in [6.45, 7) is 13.1. The van der Waals surface area contributed by atoms with E-state index < -0.39 is 102 Å². The Morgan fingerprint density at radius 2 is 0.905 bits per heavy atom. The Kier molecular flexibility index (Phi) is 23.2. The highest BCUT2D eigenvalue weighted by Gasteiger charge is 2.36. The van der Waals surface area contributed by atoms with E-state index in [0.29, 0.717) is 36.7 Å². The zero-order valence-electron chi connectivity index (χ0n) is 37.9. The van der Waals surface area contributed by atoms with Crippen LogP contribution in [0.4, 0.5) is 0 Å². The Labute approximate surface area is 371 Å². The van der Waals surface area contributed by atoms with E-state index in [4.69, 9.17) is 5.73 Å². The maximum absolute atomic E-state index is 14.2. The van der Waals surface area contributed by atoms with E-state index in [1.165, 1.54) is 0 Å². The monoisotopic (exact) mass is 879 g/mol. The Balaban J connectivity index is 2.39. The highest BCUT2D eigenvalue weighted by molar-refractivity contribution is 5.97. The summed E-state index contributed by atoms with van der Waals surface area (Å²) >= 11 is 0. The number of aliphatic hydroxyl groups is 1. The molecule has 0 saturated heterocycles. The van der Waals surface area contributed by atoms with Gasteiger partial charge in [-0.2, -0.15) is 0 Å². The van der Waals surface area contributed by atoms with Crippen LogP contribution in [0.25, 0.3) is 0 Å². The fraction of sp³-hybridized carbons (Fsp3) is 0.565. The first-order valence-corrected chi connectivity index (χ1v) is 21.9. The lowest BCUT2D eigenvalue weighted by molar-refractivity contribution is -0.137. The van der Waals surface area contributed by atoms with Gasteiger partial charge in [-0.1, -0.05) is 135 Å². The number of hydrogen-bond donors (Lipinski definition) is 9. The molecule has 2 aromatic carbocycles. The number of nitrogens with two attached hydrogens (primary N) is 1. The van der Waals surface area contributed by atoms with E-state index in [0.717, 1.165) is 0 Å². The summed E-state index contributed by atoms with van der Waals surface area (Å²) in [6, 6.07) is 9.54. The predicted octanol–water partition coefficient (Wildman–Crippen LogP) is 0.810. The van der Waals surface area contributed by atoms with Crippen LogP contribution in [-0.4, -0.2) is 108 Å². The fourth-order valence-corrected chi connectivity index (χ4v) is 6.60. The van der Waals surface area contributed by atoms with Crippen molar-refractivity contribution in [3.05, 3.63) is 71.8 Å². The molecule has 10 N–H and O–H groups in total. The molecule has 0 aliphatic heterocycles. The van der Waals surface area contributed by atoms with Gasteiger partial charge < -0.3 is 52.9 Å². The first-order chi connectivity index (χ1) is 29.9. The number of hydrogen-bond acceptors (Lipinski definition) is 10. The van der Waals surface area contributed by atoms with E-state index in [2.05, 4.69) is 37.2 Å². The molecule has 0 bridgehead atoms. The minimum absolute atomic E-state index is 0.00609. The predicted molar refractivity (Wildman–Crippen MR) is 239 cm³/mol. The van der Waals surface area contributed by atoms with Crippen LogP contribution in [0.3, 0.4) is 0 Å². The number of carbonyl (C=O) groups excluding carboxylic acids is 8. The standard InChI is InChI=1S/C46H70N8O9/c1-9-28(6)35(25-55)50-44(61)38(27(4)5)53-42(59)34(23-32-20-16-13-17-21-32)49-46(63)40(30(8)11-3)54-43(60)36(26-56)51-41(58)33(22-31-18-14-12-15-19-31)48-45(62)39(29(7)10-2)52-37(57)24-47/h12-21,25,27-30,33-36,38-40,56H,9-11,22-24,26,47H2,1-8H3,(H,48,62)(H,49,63)(H,50,61)(H,51,58)(H,52,57)(H,53,59)(H,54,60)/t28-,29-,30-,33-,34-,35+,36-,38-,39-,40-/m0/s1. The molecule has 0 unspecified atom stereocenters. The highest BCUT2D eigenvalue weighted by atomic mass is 16.3. The summed E-state index contributed by atoms with van der Waals surface area (Å²) in [6.07, 6.45) is 2.23. The van der Waals surface area contributed by atoms with E-state index in [1.807, 2.05) is 20.8 Å². The number of benzene rings is 2. The van der Waals surface area contributed by atoms with Crippen molar-refractivity contribution in [2.75, 3.05) is 13.2 Å². The Morgan fingerprint density at radius 1 is 0.524 bits per heavy atom. The van der Waals surface area contributed by atoms with Crippen LogP contribution in [-0.2, 0) is 51.2 Å². The van der Waals surface area contributed by atoms with Crippen LogP contribution in [0, 0.1) is 23.7 Å². The fourth-order valence-electron chi connectivity index (χ4n) is 6.60. The molecule has 10 atom stereocenters. The first-order valence-electron chi connectivity index (χ1n) is 21.9. The number of nitrogens with one attached hydrogen (secondary N) is 7. The van der Waals surface area contributed by atoms with E-state index in [-0.39, 0.29) is 31.2 Å². The van der Waals surface area contributed by atoms with Crippen molar-refractivity contribution in [2.45, 2.75) is 130 Å². The third kappa shape index (κ3) is 17.2. The minimum atomic E-state index is -1.58. The third-order valence-electron chi connectivity index (χ3n) is 11.4. The van der Waals surface area contributed by atoms with Gasteiger partial charge in [-0.3, -0.25) is 33.6 Å². The molecule has 0 aromatic heterocycles. The Bertz CT molecular complexity index is 1800. The van der Waals surface area contributed by atoms with Crippen molar-refractivity contribution in [1.82, 2.24) is 37.2 Å². The molecule has 7 amide bonds. The summed E-state index contributed by atoms with van der Waals surface area (Å²) in [5, 5.41) is 29.1. The second-order valence-electron chi connectivity index (χ2n) is 16.5. The summed E-state index contributed by atoms with van der Waals surface area (Å²) < 4.78 is 0. The van der Waals surface area contributed by atoms with Gasteiger partial charge in [0, 0.05) is 12.8 Å². The zero-order valence-corrected chi connectivity index (χ0v) is 37.9. The lowest BCUT2D eigenvalue weighted by atomic mass is 9.96. The second-order valence-corrected chi connectivity index (χ2v) is 16.5. The summed E-state index contributed by atoms with van der Waals surface area (Å²) in [4.78, 5) is 107. The minimum Gasteiger partial charge on any atom is -0.394 e. The molecule has 63 heavy (non-hydrogen) atoms. The lowest BCUT2D eigenvalue weighted by Crippen LogP contribution is -2.62. The van der Waals surface area contributed by atoms with Gasteiger partial charge >= 0.3 is 0 Å². The van der Waals surface area contributed by atoms with Crippen molar-refractivity contribution >= 4 is 47.6 Å². The van der Waals surface area contributed by atoms with Gasteiger partial charge in [-0.25, -0.2) is 0 Å². The van der Waals surface area contributed by atoms with E-state index in [9.17, 15) is 43.5 Å². The smallest absolute Gasteiger partial charge is 0.245 e. The molecule has 0 aliphatic carbocycles. The van der Waals surface area contributed by atoms with Crippen LogP contribution in [0.1, 0.15) is 85.8 Å². The molecular formula is C46H70N8O9. The van der Waals surface area contributed by atoms with E-state index >= 15 is 0 Å². The maximum atomic E-state index is 14.2. The van der Waals surface area contributed by atoms with Gasteiger partial charge in [0.05, 0.1) is 19.2 Å². The summed E-state index contributed by atoms with van der Waals surface area (Å²) in [7, 11) is 0. The van der Waals surface area contributed by atoms with Gasteiger partial charge in [0.25, 0.3) is 0 Å². The first kappa shape index (κ1) is 53.5. The molecule has 0 heterocycles. The molecule has 0 radical (unpaired) electrons. The summed E-state index contributed by atoms with van der Waals surface area (Å²) in [5.74, 6) is -6.27. The molecule has 0 aliphatic rings. The molecule has 17 heteroatoms. The Morgan fingerprint density at radius 3 is 1.30 bits per heavy atom. The molecule has 0 saturated carbocycles. The maximum Gasteiger partial charge on any atom is 0.245 e. The molecule has 2 rings (SSSR count). The second kappa shape index (κ2) is 27.4. The third-order valence-corrected chi connectivity index (χ3v) is 11.4. The number of carbonyl (C=O) groups is 8. The lowest BCUT2D eigenvalue weighted by Gasteiger charge is -2.30. The average Bonchev–Trinajstić information content (AvgIpc) is 3.28. The normalized spacial score (nSPS) is 15.9. The Hall–Kier alpha value is -5.68. The van der Waals surface area contributed by atoms with Crippen LogP contribution < -0.4 is 43.0 Å². The van der Waals surface area contributed by atoms with Crippen molar-refractivity contribution < 1.29 is 43.5 Å². The molecule has 0 spiro atoms. The van der Waals surface area contributed by atoms with Crippen LogP contribution in [0.15, 0.2) is 60.7 Å². The van der Waals surface area contributed by atoms with Crippen LogP contribution >= 0.6 is 0 Å². The number of aldehydes is 1. The van der Waals surface area contributed by atoms with Crippen molar-refractivity contribution in [1.29, 1.82) is 0 Å². The topological polar surface area (TPSA) is 267 Å². The van der Waals surface area contributed by atoms with Gasteiger partial charge in [-0.15, -0.1) is 0 Å².